The second kappa shape index (κ2) is 12.8. The first-order valence-electron chi connectivity index (χ1n) is 10.0. The molecule has 1 rings (SSSR count). The summed E-state index contributed by atoms with van der Waals surface area (Å²) >= 11 is 0. The third-order valence-corrected chi connectivity index (χ3v) is 4.74. The van der Waals surface area contributed by atoms with Gasteiger partial charge in [0.2, 0.25) is 0 Å². The van der Waals surface area contributed by atoms with Crippen LogP contribution in [0.5, 0.6) is 0 Å². The Hall–Kier alpha value is -2.60. The van der Waals surface area contributed by atoms with Crippen LogP contribution in [0, 0.1) is 5.92 Å². The van der Waals surface area contributed by atoms with Crippen molar-refractivity contribution in [2.75, 3.05) is 40.8 Å². The summed E-state index contributed by atoms with van der Waals surface area (Å²) in [6.07, 6.45) is 3.85. The molecule has 0 aliphatic rings. The van der Waals surface area contributed by atoms with E-state index < -0.39 is 0 Å². The molecule has 0 saturated heterocycles. The SMILES string of the molecule is C=CCN(CC=C)C(CNC(=NC)NCc1ccc(C(=O)N(C)C)cc1)C(C)C. The predicted octanol–water partition coefficient (Wildman–Crippen LogP) is 2.75. The van der Waals surface area contributed by atoms with Gasteiger partial charge >= 0.3 is 0 Å². The molecule has 0 heterocycles. The molecular weight excluding hydrogens is 362 g/mol. The highest BCUT2D eigenvalue weighted by atomic mass is 16.2. The number of amides is 1. The van der Waals surface area contributed by atoms with E-state index in [-0.39, 0.29) is 5.91 Å². The second-order valence-corrected chi connectivity index (χ2v) is 7.55. The van der Waals surface area contributed by atoms with Crippen LogP contribution in [0.3, 0.4) is 0 Å². The summed E-state index contributed by atoms with van der Waals surface area (Å²) < 4.78 is 0. The number of benzene rings is 1. The van der Waals surface area contributed by atoms with Crippen molar-refractivity contribution in [3.05, 3.63) is 60.7 Å². The van der Waals surface area contributed by atoms with E-state index in [9.17, 15) is 4.79 Å². The number of guanidine groups is 1. The van der Waals surface area contributed by atoms with Gasteiger partial charge < -0.3 is 15.5 Å². The fraction of sp³-hybridized carbons (Fsp3) is 0.478. The minimum Gasteiger partial charge on any atom is -0.355 e. The molecule has 0 bridgehead atoms. The molecule has 2 N–H and O–H groups in total. The number of carbonyl (C=O) groups excluding carboxylic acids is 1. The lowest BCUT2D eigenvalue weighted by atomic mass is 10.0. The number of rotatable bonds is 11. The van der Waals surface area contributed by atoms with Crippen molar-refractivity contribution in [1.29, 1.82) is 0 Å². The summed E-state index contributed by atoms with van der Waals surface area (Å²) in [5, 5.41) is 6.77. The van der Waals surface area contributed by atoms with Gasteiger partial charge in [-0.2, -0.15) is 0 Å². The van der Waals surface area contributed by atoms with Crippen molar-refractivity contribution >= 4 is 11.9 Å². The van der Waals surface area contributed by atoms with Crippen LogP contribution in [-0.4, -0.2) is 68.5 Å². The first-order chi connectivity index (χ1) is 13.8. The topological polar surface area (TPSA) is 60.0 Å². The number of nitrogens with one attached hydrogen (secondary N) is 2. The van der Waals surface area contributed by atoms with Crippen LogP contribution in [0.2, 0.25) is 0 Å². The van der Waals surface area contributed by atoms with Gasteiger partial charge in [-0.3, -0.25) is 14.7 Å². The van der Waals surface area contributed by atoms with Gasteiger partial charge in [0.05, 0.1) is 0 Å². The van der Waals surface area contributed by atoms with Gasteiger partial charge in [0.15, 0.2) is 5.96 Å². The molecule has 0 radical (unpaired) electrons. The summed E-state index contributed by atoms with van der Waals surface area (Å²) in [5.74, 6) is 1.23. The van der Waals surface area contributed by atoms with E-state index in [2.05, 4.69) is 47.5 Å². The van der Waals surface area contributed by atoms with Crippen LogP contribution in [0.1, 0.15) is 29.8 Å². The van der Waals surface area contributed by atoms with Crippen molar-refractivity contribution in [3.8, 4) is 0 Å². The predicted molar refractivity (Wildman–Crippen MR) is 123 cm³/mol. The zero-order chi connectivity index (χ0) is 21.8. The van der Waals surface area contributed by atoms with E-state index in [0.29, 0.717) is 24.1 Å². The van der Waals surface area contributed by atoms with Crippen LogP contribution in [0.4, 0.5) is 0 Å². The summed E-state index contributed by atoms with van der Waals surface area (Å²) in [6.45, 7) is 15.2. The van der Waals surface area contributed by atoms with Crippen LogP contribution in [-0.2, 0) is 6.54 Å². The van der Waals surface area contributed by atoms with E-state index in [1.165, 1.54) is 0 Å². The molecule has 160 valence electrons. The van der Waals surface area contributed by atoms with Gasteiger partial charge in [-0.1, -0.05) is 38.1 Å². The lowest BCUT2D eigenvalue weighted by Crippen LogP contribution is -2.49. The maximum absolute atomic E-state index is 12.0. The molecule has 0 saturated carbocycles. The number of nitrogens with zero attached hydrogens (tertiary/aromatic N) is 3. The average Bonchev–Trinajstić information content (AvgIpc) is 2.70. The van der Waals surface area contributed by atoms with Crippen LogP contribution < -0.4 is 10.6 Å². The van der Waals surface area contributed by atoms with Gasteiger partial charge in [0, 0.05) is 58.9 Å². The van der Waals surface area contributed by atoms with Crippen molar-refractivity contribution in [3.63, 3.8) is 0 Å². The molecule has 0 aliphatic carbocycles. The molecule has 1 aromatic rings. The Balaban J connectivity index is 2.65. The highest BCUT2D eigenvalue weighted by Gasteiger charge is 2.20. The number of hydrogen-bond acceptors (Lipinski definition) is 3. The molecule has 29 heavy (non-hydrogen) atoms. The Morgan fingerprint density at radius 2 is 1.69 bits per heavy atom. The van der Waals surface area contributed by atoms with Gasteiger partial charge in [0.1, 0.15) is 0 Å². The van der Waals surface area contributed by atoms with Gasteiger partial charge in [-0.15, -0.1) is 13.2 Å². The lowest BCUT2D eigenvalue weighted by molar-refractivity contribution is 0.0827. The van der Waals surface area contributed by atoms with Crippen molar-refractivity contribution in [2.24, 2.45) is 10.9 Å². The fourth-order valence-electron chi connectivity index (χ4n) is 3.09. The summed E-state index contributed by atoms with van der Waals surface area (Å²) in [7, 11) is 5.27. The summed E-state index contributed by atoms with van der Waals surface area (Å²) in [6, 6.07) is 7.97. The third kappa shape index (κ3) is 8.11. The highest BCUT2D eigenvalue weighted by Crippen LogP contribution is 2.10. The Labute approximate surface area is 176 Å². The Morgan fingerprint density at radius 1 is 1.10 bits per heavy atom. The lowest BCUT2D eigenvalue weighted by Gasteiger charge is -2.33. The number of carbonyl (C=O) groups is 1. The first-order valence-corrected chi connectivity index (χ1v) is 10.0. The Kier molecular flexibility index (Phi) is 10.8. The Morgan fingerprint density at radius 3 is 2.14 bits per heavy atom. The molecule has 1 amide bonds. The normalized spacial score (nSPS) is 12.6. The molecule has 1 unspecified atom stereocenters. The smallest absolute Gasteiger partial charge is 0.253 e. The zero-order valence-corrected chi connectivity index (χ0v) is 18.6. The van der Waals surface area contributed by atoms with Crippen LogP contribution in [0.15, 0.2) is 54.6 Å². The fourth-order valence-corrected chi connectivity index (χ4v) is 3.09. The van der Waals surface area contributed by atoms with E-state index in [4.69, 9.17) is 0 Å². The average molecular weight is 400 g/mol. The number of hydrogen-bond donors (Lipinski definition) is 2. The van der Waals surface area contributed by atoms with Crippen LogP contribution >= 0.6 is 0 Å². The van der Waals surface area contributed by atoms with E-state index >= 15 is 0 Å². The summed E-state index contributed by atoms with van der Waals surface area (Å²) in [5.41, 5.74) is 1.77. The minimum absolute atomic E-state index is 0.00492. The van der Waals surface area contributed by atoms with Gasteiger partial charge in [-0.05, 0) is 23.6 Å². The van der Waals surface area contributed by atoms with Crippen LogP contribution in [0.25, 0.3) is 0 Å². The van der Waals surface area contributed by atoms with Crippen molar-refractivity contribution in [2.45, 2.75) is 26.4 Å². The summed E-state index contributed by atoms with van der Waals surface area (Å²) in [4.78, 5) is 20.2. The molecular formula is C23H37N5O. The molecule has 0 spiro atoms. The van der Waals surface area contributed by atoms with Gasteiger partial charge in [-0.25, -0.2) is 0 Å². The highest BCUT2D eigenvalue weighted by molar-refractivity contribution is 5.93. The monoisotopic (exact) mass is 399 g/mol. The minimum atomic E-state index is 0.00492. The third-order valence-electron chi connectivity index (χ3n) is 4.74. The molecule has 1 aromatic carbocycles. The molecule has 6 heteroatoms. The van der Waals surface area contributed by atoms with E-state index in [0.717, 1.165) is 31.2 Å². The van der Waals surface area contributed by atoms with E-state index in [1.54, 1.807) is 26.0 Å². The molecule has 1 atom stereocenters. The second-order valence-electron chi connectivity index (χ2n) is 7.55. The van der Waals surface area contributed by atoms with Crippen molar-refractivity contribution in [1.82, 2.24) is 20.4 Å². The van der Waals surface area contributed by atoms with E-state index in [1.807, 2.05) is 36.4 Å². The van der Waals surface area contributed by atoms with Crippen molar-refractivity contribution < 1.29 is 4.79 Å². The maximum atomic E-state index is 12.0. The standard InChI is InChI=1S/C23H37N5O/c1-8-14-28(15-9-2)21(18(3)4)17-26-23(24-5)25-16-19-10-12-20(13-11-19)22(29)27(6)7/h8-13,18,21H,1-2,14-17H2,3-7H3,(H2,24,25,26). The zero-order valence-electron chi connectivity index (χ0n) is 18.6. The molecule has 0 aromatic heterocycles. The molecule has 6 nitrogen and oxygen atoms in total. The quantitative estimate of drug-likeness (QED) is 0.341. The van der Waals surface area contributed by atoms with Gasteiger partial charge in [0.25, 0.3) is 5.91 Å². The molecule has 0 fully saturated rings. The number of aliphatic imine (C=N–C) groups is 1. The Bertz CT molecular complexity index is 669. The first kappa shape index (κ1) is 24.4. The largest absolute Gasteiger partial charge is 0.355 e. The molecule has 0 aliphatic heterocycles. The maximum Gasteiger partial charge on any atom is 0.253 e.